The van der Waals surface area contributed by atoms with Gasteiger partial charge < -0.3 is 20.1 Å². The van der Waals surface area contributed by atoms with E-state index in [-0.39, 0.29) is 11.8 Å². The molecule has 0 spiro atoms. The van der Waals surface area contributed by atoms with Gasteiger partial charge in [0.2, 0.25) is 11.8 Å². The fourth-order valence-electron chi connectivity index (χ4n) is 4.68. The van der Waals surface area contributed by atoms with Gasteiger partial charge in [-0.1, -0.05) is 5.16 Å². The molecule has 0 radical (unpaired) electrons. The highest BCUT2D eigenvalue weighted by Gasteiger charge is 2.35. The maximum Gasteiger partial charge on any atom is 0.239 e. The van der Waals surface area contributed by atoms with Gasteiger partial charge in [-0.15, -0.1) is 0 Å². The Morgan fingerprint density at radius 3 is 2.56 bits per heavy atom. The summed E-state index contributed by atoms with van der Waals surface area (Å²) in [6, 6.07) is 2.96. The smallest absolute Gasteiger partial charge is 0.239 e. The summed E-state index contributed by atoms with van der Waals surface area (Å²) in [6.07, 6.45) is 5.50. The van der Waals surface area contributed by atoms with Crippen LogP contribution in [0, 0.1) is 12.8 Å². The highest BCUT2D eigenvalue weighted by molar-refractivity contribution is 5.91. The maximum absolute atomic E-state index is 12.7. The van der Waals surface area contributed by atoms with Gasteiger partial charge in [0.25, 0.3) is 0 Å². The second-order valence-corrected chi connectivity index (χ2v) is 8.21. The van der Waals surface area contributed by atoms with E-state index in [0.29, 0.717) is 55.6 Å². The third-order valence-electron chi connectivity index (χ3n) is 6.02. The third kappa shape index (κ3) is 4.68. The first kappa shape index (κ1) is 18.4. The highest BCUT2D eigenvalue weighted by Crippen LogP contribution is 2.33. The number of aromatic nitrogens is 1. The summed E-state index contributed by atoms with van der Waals surface area (Å²) >= 11 is 0. The average molecular weight is 375 g/mol. The predicted octanol–water partition coefficient (Wildman–Crippen LogP) is 0.986. The highest BCUT2D eigenvalue weighted by atomic mass is 16.5. The van der Waals surface area contributed by atoms with E-state index in [9.17, 15) is 9.59 Å². The first-order valence-corrected chi connectivity index (χ1v) is 10.0. The lowest BCUT2D eigenvalue weighted by molar-refractivity contribution is -0.134. The van der Waals surface area contributed by atoms with E-state index in [4.69, 9.17) is 4.52 Å². The molecule has 3 aliphatic heterocycles. The minimum Gasteiger partial charge on any atom is -0.360 e. The monoisotopic (exact) mass is 375 g/mol. The number of rotatable bonds is 5. The minimum absolute atomic E-state index is 0.103. The van der Waals surface area contributed by atoms with E-state index in [1.54, 1.807) is 13.0 Å². The van der Waals surface area contributed by atoms with Gasteiger partial charge in [0.1, 0.15) is 5.76 Å². The SMILES string of the molecule is Cc1cc(NC(=O)CN2CCN(C(=O)CC3CC4CCC(C3)N4)CC2)no1. The molecule has 2 unspecified atom stereocenters. The summed E-state index contributed by atoms with van der Waals surface area (Å²) in [6.45, 7) is 4.96. The Morgan fingerprint density at radius 2 is 1.93 bits per heavy atom. The zero-order valence-electron chi connectivity index (χ0n) is 15.9. The van der Waals surface area contributed by atoms with Crippen LogP contribution in [0.4, 0.5) is 5.82 Å². The number of nitrogens with zero attached hydrogens (tertiary/aromatic N) is 3. The molecule has 8 heteroatoms. The van der Waals surface area contributed by atoms with Crippen molar-refractivity contribution in [1.82, 2.24) is 20.3 Å². The first-order chi connectivity index (χ1) is 13.0. The summed E-state index contributed by atoms with van der Waals surface area (Å²) in [7, 11) is 0. The van der Waals surface area contributed by atoms with Crippen LogP contribution in [0.15, 0.2) is 10.6 Å². The normalized spacial score (nSPS) is 28.3. The molecule has 0 aromatic carbocycles. The van der Waals surface area contributed by atoms with Crippen molar-refractivity contribution in [3.63, 3.8) is 0 Å². The number of hydrogen-bond donors (Lipinski definition) is 2. The second-order valence-electron chi connectivity index (χ2n) is 8.21. The van der Waals surface area contributed by atoms with Gasteiger partial charge in [-0.2, -0.15) is 0 Å². The predicted molar refractivity (Wildman–Crippen MR) is 100 cm³/mol. The van der Waals surface area contributed by atoms with Gasteiger partial charge in [0.05, 0.1) is 6.54 Å². The molecule has 27 heavy (non-hydrogen) atoms. The quantitative estimate of drug-likeness (QED) is 0.798. The molecule has 1 aromatic heterocycles. The van der Waals surface area contributed by atoms with E-state index in [0.717, 1.165) is 25.9 Å². The molecule has 148 valence electrons. The molecule has 4 heterocycles. The van der Waals surface area contributed by atoms with Gasteiger partial charge in [-0.25, -0.2) is 0 Å². The number of aryl methyl sites for hydroxylation is 1. The number of piperidine rings is 1. The van der Waals surface area contributed by atoms with E-state index >= 15 is 0 Å². The Labute approximate surface area is 159 Å². The van der Waals surface area contributed by atoms with Crippen molar-refractivity contribution in [2.45, 2.75) is 51.1 Å². The number of carbonyl (C=O) groups excluding carboxylic acids is 2. The molecule has 0 saturated carbocycles. The van der Waals surface area contributed by atoms with E-state index in [2.05, 4.69) is 20.7 Å². The molecule has 2 bridgehead atoms. The Balaban J connectivity index is 1.18. The van der Waals surface area contributed by atoms with Crippen molar-refractivity contribution < 1.29 is 14.1 Å². The molecule has 2 amide bonds. The van der Waals surface area contributed by atoms with Crippen molar-refractivity contribution in [3.05, 3.63) is 11.8 Å². The number of amides is 2. The number of fused-ring (bicyclic) bond motifs is 2. The van der Waals surface area contributed by atoms with E-state index in [1.165, 1.54) is 12.8 Å². The molecule has 3 saturated heterocycles. The van der Waals surface area contributed by atoms with Crippen LogP contribution in [0.1, 0.15) is 37.9 Å². The summed E-state index contributed by atoms with van der Waals surface area (Å²) in [4.78, 5) is 28.8. The largest absolute Gasteiger partial charge is 0.360 e. The van der Waals surface area contributed by atoms with Gasteiger partial charge in [0, 0.05) is 50.7 Å². The van der Waals surface area contributed by atoms with Crippen LogP contribution in [-0.4, -0.2) is 71.6 Å². The molecule has 4 rings (SSSR count). The molecule has 3 fully saturated rings. The van der Waals surface area contributed by atoms with Crippen molar-refractivity contribution >= 4 is 17.6 Å². The zero-order chi connectivity index (χ0) is 18.8. The average Bonchev–Trinajstić information content (AvgIpc) is 3.20. The zero-order valence-corrected chi connectivity index (χ0v) is 15.9. The Kier molecular flexibility index (Phi) is 5.45. The molecule has 2 N–H and O–H groups in total. The van der Waals surface area contributed by atoms with Crippen LogP contribution in [0.3, 0.4) is 0 Å². The minimum atomic E-state index is -0.103. The lowest BCUT2D eigenvalue weighted by atomic mass is 9.89. The standard InChI is InChI=1S/C19H29N5O3/c1-13-8-17(22-27-13)21-18(25)12-23-4-6-24(7-5-23)19(26)11-14-9-15-2-3-16(10-14)20-15/h8,14-16,20H,2-7,9-12H2,1H3,(H,21,22,25). The van der Waals surface area contributed by atoms with Crippen LogP contribution in [-0.2, 0) is 9.59 Å². The molecule has 2 atom stereocenters. The van der Waals surface area contributed by atoms with Crippen molar-refractivity contribution in [2.75, 3.05) is 38.0 Å². The molecule has 3 aliphatic rings. The Hall–Kier alpha value is -1.93. The van der Waals surface area contributed by atoms with Crippen LogP contribution < -0.4 is 10.6 Å². The third-order valence-corrected chi connectivity index (χ3v) is 6.02. The van der Waals surface area contributed by atoms with Crippen LogP contribution in [0.5, 0.6) is 0 Å². The van der Waals surface area contributed by atoms with E-state index < -0.39 is 0 Å². The van der Waals surface area contributed by atoms with Gasteiger partial charge in [-0.3, -0.25) is 14.5 Å². The summed E-state index contributed by atoms with van der Waals surface area (Å²) < 4.78 is 4.95. The van der Waals surface area contributed by atoms with E-state index in [1.807, 2.05) is 4.90 Å². The fourth-order valence-corrected chi connectivity index (χ4v) is 4.68. The van der Waals surface area contributed by atoms with Gasteiger partial charge in [-0.05, 0) is 38.5 Å². The molecular weight excluding hydrogens is 346 g/mol. The second kappa shape index (κ2) is 7.98. The van der Waals surface area contributed by atoms with Crippen LogP contribution in [0.25, 0.3) is 0 Å². The first-order valence-electron chi connectivity index (χ1n) is 10.0. The summed E-state index contributed by atoms with van der Waals surface area (Å²) in [5, 5.41) is 10.1. The Morgan fingerprint density at radius 1 is 1.22 bits per heavy atom. The number of nitrogens with one attached hydrogen (secondary N) is 2. The van der Waals surface area contributed by atoms with Crippen molar-refractivity contribution in [2.24, 2.45) is 5.92 Å². The molecular formula is C19H29N5O3. The van der Waals surface area contributed by atoms with Gasteiger partial charge in [0.15, 0.2) is 5.82 Å². The maximum atomic E-state index is 12.7. The molecule has 8 nitrogen and oxygen atoms in total. The number of carbonyl (C=O) groups is 2. The topological polar surface area (TPSA) is 90.7 Å². The van der Waals surface area contributed by atoms with Crippen molar-refractivity contribution in [1.29, 1.82) is 0 Å². The number of piperazine rings is 1. The molecule has 0 aliphatic carbocycles. The number of hydrogen-bond acceptors (Lipinski definition) is 6. The summed E-state index contributed by atoms with van der Waals surface area (Å²) in [5.74, 6) is 1.82. The summed E-state index contributed by atoms with van der Waals surface area (Å²) in [5.41, 5.74) is 0. The fraction of sp³-hybridized carbons (Fsp3) is 0.737. The molecule has 1 aromatic rings. The lowest BCUT2D eigenvalue weighted by Crippen LogP contribution is -2.51. The lowest BCUT2D eigenvalue weighted by Gasteiger charge is -2.36. The van der Waals surface area contributed by atoms with Gasteiger partial charge >= 0.3 is 0 Å². The Bertz CT molecular complexity index is 671. The van der Waals surface area contributed by atoms with Crippen LogP contribution >= 0.6 is 0 Å². The number of anilines is 1. The van der Waals surface area contributed by atoms with Crippen LogP contribution in [0.2, 0.25) is 0 Å². The van der Waals surface area contributed by atoms with Crippen molar-refractivity contribution in [3.8, 4) is 0 Å².